The zero-order valence-corrected chi connectivity index (χ0v) is 19.5. The Hall–Kier alpha value is -3.68. The van der Waals surface area contributed by atoms with Crippen LogP contribution in [0.5, 0.6) is 11.5 Å². The summed E-state index contributed by atoms with van der Waals surface area (Å²) >= 11 is 0. The molecule has 0 aromatic heterocycles. The van der Waals surface area contributed by atoms with Gasteiger partial charge < -0.3 is 18.9 Å². The van der Waals surface area contributed by atoms with Crippen molar-refractivity contribution in [3.8, 4) is 11.5 Å². The van der Waals surface area contributed by atoms with Crippen molar-refractivity contribution in [1.29, 1.82) is 0 Å². The van der Waals surface area contributed by atoms with Crippen LogP contribution in [0.15, 0.2) is 48.5 Å². The van der Waals surface area contributed by atoms with Crippen LogP contribution in [0.25, 0.3) is 0 Å². The van der Waals surface area contributed by atoms with Crippen molar-refractivity contribution in [2.75, 3.05) is 13.2 Å². The third kappa shape index (κ3) is 9.44. The van der Waals surface area contributed by atoms with Gasteiger partial charge in [-0.1, -0.05) is 26.7 Å². The molecule has 0 saturated heterocycles. The molecule has 2 rings (SSSR count). The molecular weight excluding hydrogens is 440 g/mol. The van der Waals surface area contributed by atoms with E-state index < -0.39 is 23.9 Å². The number of hydrogen-bond donors (Lipinski definition) is 0. The third-order valence-corrected chi connectivity index (χ3v) is 4.64. The molecule has 0 bridgehead atoms. The number of carbonyl (C=O) groups is 4. The van der Waals surface area contributed by atoms with Crippen molar-refractivity contribution in [3.05, 3.63) is 59.7 Å². The average molecular weight is 471 g/mol. The Balaban J connectivity index is 1.74. The Labute approximate surface area is 199 Å². The normalized spacial score (nSPS) is 10.3. The fraction of sp³-hybridized carbons (Fsp3) is 0.385. The molecule has 0 unspecified atom stereocenters. The maximum Gasteiger partial charge on any atom is 0.338 e. The molecule has 0 spiro atoms. The summed E-state index contributed by atoms with van der Waals surface area (Å²) in [4.78, 5) is 47.8. The molecule has 8 heteroatoms. The largest absolute Gasteiger partial charge is 0.462 e. The van der Waals surface area contributed by atoms with E-state index in [1.807, 2.05) is 13.8 Å². The molecule has 2 aromatic rings. The van der Waals surface area contributed by atoms with E-state index in [2.05, 4.69) is 0 Å². The summed E-state index contributed by atoms with van der Waals surface area (Å²) in [5.41, 5.74) is 0.722. The standard InChI is InChI=1S/C26H30O8/c1-3-5-17-31-25(29)19-7-11-21(12-8-19)33-23(27)15-16-24(28)34-22-13-9-20(10-14-22)26(30)32-18-6-4-2/h7-14H,3-6,15-18H2,1-2H3. The summed E-state index contributed by atoms with van der Waals surface area (Å²) in [5.74, 6) is -1.58. The van der Waals surface area contributed by atoms with Crippen molar-refractivity contribution >= 4 is 23.9 Å². The highest BCUT2D eigenvalue weighted by Gasteiger charge is 2.13. The molecule has 0 aliphatic rings. The molecule has 0 aliphatic carbocycles. The van der Waals surface area contributed by atoms with E-state index in [1.165, 1.54) is 48.5 Å². The third-order valence-electron chi connectivity index (χ3n) is 4.64. The van der Waals surface area contributed by atoms with Gasteiger partial charge in [0.25, 0.3) is 0 Å². The predicted octanol–water partition coefficient (Wildman–Crippen LogP) is 4.89. The van der Waals surface area contributed by atoms with Gasteiger partial charge in [0.2, 0.25) is 0 Å². The summed E-state index contributed by atoms with van der Waals surface area (Å²) in [6, 6.07) is 12.0. The molecule has 0 N–H and O–H groups in total. The average Bonchev–Trinajstić information content (AvgIpc) is 2.84. The van der Waals surface area contributed by atoms with E-state index in [4.69, 9.17) is 18.9 Å². The molecule has 0 aliphatic heterocycles. The lowest BCUT2D eigenvalue weighted by Gasteiger charge is -2.07. The van der Waals surface area contributed by atoms with Crippen LogP contribution < -0.4 is 9.47 Å². The minimum absolute atomic E-state index is 0.179. The molecule has 0 heterocycles. The summed E-state index contributed by atoms with van der Waals surface area (Å²) in [6.07, 6.45) is 3.09. The molecule has 2 aromatic carbocycles. The van der Waals surface area contributed by atoms with Gasteiger partial charge in [-0.2, -0.15) is 0 Å². The summed E-state index contributed by atoms with van der Waals surface area (Å²) < 4.78 is 20.6. The zero-order chi connectivity index (χ0) is 24.8. The highest BCUT2D eigenvalue weighted by Crippen LogP contribution is 2.16. The van der Waals surface area contributed by atoms with E-state index in [0.29, 0.717) is 24.3 Å². The summed E-state index contributed by atoms with van der Waals surface area (Å²) in [6.45, 7) is 4.72. The molecule has 8 nitrogen and oxygen atoms in total. The van der Waals surface area contributed by atoms with Gasteiger partial charge in [0, 0.05) is 0 Å². The van der Waals surface area contributed by atoms with E-state index in [9.17, 15) is 19.2 Å². The van der Waals surface area contributed by atoms with Crippen molar-refractivity contribution in [1.82, 2.24) is 0 Å². The Morgan fingerprint density at radius 3 is 1.26 bits per heavy atom. The molecule has 0 saturated carbocycles. The second-order valence-corrected chi connectivity index (χ2v) is 7.48. The maximum atomic E-state index is 12.0. The van der Waals surface area contributed by atoms with E-state index in [-0.39, 0.29) is 24.3 Å². The van der Waals surface area contributed by atoms with E-state index >= 15 is 0 Å². The molecule has 0 radical (unpaired) electrons. The lowest BCUT2D eigenvalue weighted by molar-refractivity contribution is -0.140. The monoisotopic (exact) mass is 470 g/mol. The van der Waals surface area contributed by atoms with Gasteiger partial charge >= 0.3 is 23.9 Å². The second-order valence-electron chi connectivity index (χ2n) is 7.48. The number of ether oxygens (including phenoxy) is 4. The molecule has 34 heavy (non-hydrogen) atoms. The van der Waals surface area contributed by atoms with Crippen molar-refractivity contribution in [2.24, 2.45) is 0 Å². The minimum atomic E-state index is -0.611. The fourth-order valence-electron chi connectivity index (χ4n) is 2.67. The van der Waals surface area contributed by atoms with Crippen LogP contribution in [0.3, 0.4) is 0 Å². The first-order chi connectivity index (χ1) is 16.4. The first-order valence-corrected chi connectivity index (χ1v) is 11.4. The van der Waals surface area contributed by atoms with Gasteiger partial charge in [-0.3, -0.25) is 9.59 Å². The van der Waals surface area contributed by atoms with Crippen LogP contribution in [0, 0.1) is 0 Å². The van der Waals surface area contributed by atoms with Crippen LogP contribution in [-0.2, 0) is 19.1 Å². The van der Waals surface area contributed by atoms with Crippen LogP contribution in [0.1, 0.15) is 73.1 Å². The summed E-state index contributed by atoms with van der Waals surface area (Å²) in [5, 5.41) is 0. The first-order valence-electron chi connectivity index (χ1n) is 11.4. The van der Waals surface area contributed by atoms with Crippen LogP contribution >= 0.6 is 0 Å². The number of esters is 4. The molecule has 0 fully saturated rings. The van der Waals surface area contributed by atoms with Gasteiger partial charge in [-0.05, 0) is 61.4 Å². The Kier molecular flexibility index (Phi) is 11.3. The molecule has 0 amide bonds. The van der Waals surface area contributed by atoms with Gasteiger partial charge in [-0.15, -0.1) is 0 Å². The first kappa shape index (κ1) is 26.6. The number of carbonyl (C=O) groups excluding carboxylic acids is 4. The summed E-state index contributed by atoms with van der Waals surface area (Å²) in [7, 11) is 0. The van der Waals surface area contributed by atoms with Gasteiger partial charge in [0.1, 0.15) is 11.5 Å². The minimum Gasteiger partial charge on any atom is -0.462 e. The number of rotatable bonds is 13. The van der Waals surface area contributed by atoms with Crippen LogP contribution in [-0.4, -0.2) is 37.1 Å². The highest BCUT2D eigenvalue weighted by molar-refractivity contribution is 5.90. The fourth-order valence-corrected chi connectivity index (χ4v) is 2.67. The maximum absolute atomic E-state index is 12.0. The Morgan fingerprint density at radius 1 is 0.588 bits per heavy atom. The quantitative estimate of drug-likeness (QED) is 0.231. The Morgan fingerprint density at radius 2 is 0.941 bits per heavy atom. The van der Waals surface area contributed by atoms with E-state index in [1.54, 1.807) is 0 Å². The predicted molar refractivity (Wildman–Crippen MR) is 124 cm³/mol. The van der Waals surface area contributed by atoms with Gasteiger partial charge in [-0.25, -0.2) is 9.59 Å². The van der Waals surface area contributed by atoms with Gasteiger partial charge in [0.05, 0.1) is 37.2 Å². The van der Waals surface area contributed by atoms with Gasteiger partial charge in [0.15, 0.2) is 0 Å². The van der Waals surface area contributed by atoms with Crippen molar-refractivity contribution in [3.63, 3.8) is 0 Å². The number of benzene rings is 2. The van der Waals surface area contributed by atoms with E-state index in [0.717, 1.165) is 25.7 Å². The van der Waals surface area contributed by atoms with Crippen molar-refractivity contribution < 1.29 is 38.1 Å². The lowest BCUT2D eigenvalue weighted by atomic mass is 10.2. The SMILES string of the molecule is CCCCOC(=O)c1ccc(OC(=O)CCC(=O)Oc2ccc(C(=O)OCCCC)cc2)cc1. The van der Waals surface area contributed by atoms with Crippen LogP contribution in [0.4, 0.5) is 0 Å². The lowest BCUT2D eigenvalue weighted by Crippen LogP contribution is -2.14. The molecular formula is C26H30O8. The molecule has 0 atom stereocenters. The zero-order valence-electron chi connectivity index (χ0n) is 19.5. The van der Waals surface area contributed by atoms with Crippen LogP contribution in [0.2, 0.25) is 0 Å². The molecule has 182 valence electrons. The van der Waals surface area contributed by atoms with Crippen molar-refractivity contribution in [2.45, 2.75) is 52.4 Å². The smallest absolute Gasteiger partial charge is 0.338 e. The number of hydrogen-bond acceptors (Lipinski definition) is 8. The highest BCUT2D eigenvalue weighted by atomic mass is 16.5. The number of unbranched alkanes of at least 4 members (excludes halogenated alkanes) is 2. The Bertz CT molecular complexity index is 868. The topological polar surface area (TPSA) is 105 Å². The second kappa shape index (κ2) is 14.5.